The quantitative estimate of drug-likeness (QED) is 0.303. The van der Waals surface area contributed by atoms with Crippen LogP contribution in [0.4, 0.5) is 4.39 Å². The Morgan fingerprint density at radius 3 is 0.889 bits per heavy atom. The molecule has 0 spiro atoms. The van der Waals surface area contributed by atoms with Gasteiger partial charge in [-0.2, -0.15) is 4.39 Å². The van der Waals surface area contributed by atoms with E-state index in [1.54, 1.807) is 0 Å². The van der Waals surface area contributed by atoms with Crippen molar-refractivity contribution in [2.45, 2.75) is 4.05 Å². The fourth-order valence-corrected chi connectivity index (χ4v) is 0. The van der Waals surface area contributed by atoms with Crippen LogP contribution in [0, 0.1) is 0 Å². The number of rotatable bonds is 0. The van der Waals surface area contributed by atoms with E-state index < -0.39 is 4.05 Å². The van der Waals surface area contributed by atoms with Crippen molar-refractivity contribution in [1.82, 2.24) is 0 Å². The predicted octanol–water partition coefficient (Wildman–Crippen LogP) is -7.09. The zero-order chi connectivity index (χ0) is 4.50. The zero-order valence-electron chi connectivity index (χ0n) is 3.72. The van der Waals surface area contributed by atoms with Crippen molar-refractivity contribution in [3.8, 4) is 0 Å². The van der Waals surface area contributed by atoms with E-state index in [-0.39, 0.29) is 54.6 Å². The Labute approximate surface area is 97.1 Å². The maximum Gasteiger partial charge on any atom is 3.00 e. The first-order valence-electron chi connectivity index (χ1n) is 0.756. The summed E-state index contributed by atoms with van der Waals surface area (Å²) in [6.45, 7) is 0. The fraction of sp³-hybridized carbons (Fsp3) is 1.00. The zero-order valence-corrected chi connectivity index (χ0v) is 9.41. The average Bonchev–Trinajstić information content (AvgIpc) is 0.722. The molecule has 9 heavy (non-hydrogen) atoms. The second-order valence-electron chi connectivity index (χ2n) is 0.429. The second-order valence-corrected chi connectivity index (χ2v) is 2.57. The molecule has 0 saturated carbocycles. The van der Waals surface area contributed by atoms with Crippen LogP contribution in [0.5, 0.6) is 0 Å². The van der Waals surface area contributed by atoms with Gasteiger partial charge in [-0.25, -0.2) is 0 Å². The number of hydrogen-bond donors (Lipinski definition) is 0. The maximum atomic E-state index is 11.0. The summed E-state index contributed by atoms with van der Waals surface area (Å²) in [4.78, 5) is 0. The SMILES string of the molecule is FC(Cl)(Cl)Cl.[Al+3].[Cl-].[Cl-].[Cl-]. The van der Waals surface area contributed by atoms with Gasteiger partial charge in [0, 0.05) is 0 Å². The Morgan fingerprint density at radius 2 is 0.889 bits per heavy atom. The molecule has 0 atom stereocenters. The van der Waals surface area contributed by atoms with Crippen LogP contribution < -0.4 is 37.2 Å². The summed E-state index contributed by atoms with van der Waals surface area (Å²) in [6.07, 6.45) is 0. The van der Waals surface area contributed by atoms with Crippen molar-refractivity contribution in [2.75, 3.05) is 0 Å². The second kappa shape index (κ2) is 12.8. The maximum absolute atomic E-state index is 11.0. The van der Waals surface area contributed by atoms with E-state index in [2.05, 4.69) is 34.8 Å². The Kier molecular flexibility index (Phi) is 43.2. The Morgan fingerprint density at radius 1 is 0.889 bits per heavy atom. The third kappa shape index (κ3) is 142. The minimum atomic E-state index is -2.58. The molecular weight excluding hydrogens is 271 g/mol. The van der Waals surface area contributed by atoms with Crippen molar-refractivity contribution in [1.29, 1.82) is 0 Å². The average molecular weight is 271 g/mol. The molecule has 0 aromatic heterocycles. The summed E-state index contributed by atoms with van der Waals surface area (Å²) in [5.74, 6) is 0. The largest absolute Gasteiger partial charge is 3.00 e. The molecule has 8 heteroatoms. The molecule has 0 aromatic rings. The van der Waals surface area contributed by atoms with Gasteiger partial charge in [0.2, 0.25) is 0 Å². The molecule has 0 aliphatic heterocycles. The molecular formula is CAlCl6F. The Hall–Kier alpha value is 2.20. The van der Waals surface area contributed by atoms with Gasteiger partial charge in [0.15, 0.2) is 0 Å². The van der Waals surface area contributed by atoms with Crippen molar-refractivity contribution in [2.24, 2.45) is 0 Å². The molecule has 0 N–H and O–H groups in total. The van der Waals surface area contributed by atoms with E-state index in [0.29, 0.717) is 0 Å². The molecule has 0 aromatic carbocycles. The van der Waals surface area contributed by atoms with Crippen LogP contribution in [-0.4, -0.2) is 21.4 Å². The summed E-state index contributed by atoms with van der Waals surface area (Å²) < 4.78 is 8.40. The smallest absolute Gasteiger partial charge is 1.00 e. The Balaban J connectivity index is -0.0000000133. The first-order chi connectivity index (χ1) is 2.00. The molecule has 0 heterocycles. The molecule has 0 fully saturated rings. The summed E-state index contributed by atoms with van der Waals surface area (Å²) in [6, 6.07) is 0. The molecule has 0 radical (unpaired) electrons. The van der Waals surface area contributed by atoms with Crippen molar-refractivity contribution in [3.63, 3.8) is 0 Å². The van der Waals surface area contributed by atoms with Gasteiger partial charge in [0.1, 0.15) is 0 Å². The first kappa shape index (κ1) is 30.3. The van der Waals surface area contributed by atoms with Gasteiger partial charge in [-0.3, -0.25) is 0 Å². The van der Waals surface area contributed by atoms with Crippen LogP contribution in [0.15, 0.2) is 0 Å². The van der Waals surface area contributed by atoms with E-state index in [1.165, 1.54) is 0 Å². The van der Waals surface area contributed by atoms with Gasteiger partial charge < -0.3 is 37.2 Å². The van der Waals surface area contributed by atoms with Crippen molar-refractivity contribution in [3.05, 3.63) is 0 Å². The standard InChI is InChI=1S/CCl3F.Al.3ClH/c2-1(3,4)5;;;;/h;;3*1H/q;+3;;;/p-3. The van der Waals surface area contributed by atoms with Gasteiger partial charge in [-0.15, -0.1) is 0 Å². The van der Waals surface area contributed by atoms with Crippen molar-refractivity contribution < 1.29 is 41.6 Å². The van der Waals surface area contributed by atoms with Gasteiger partial charge in [0.05, 0.1) is 0 Å². The van der Waals surface area contributed by atoms with E-state index in [9.17, 15) is 4.39 Å². The number of halogens is 7. The molecule has 0 saturated heterocycles. The van der Waals surface area contributed by atoms with Crippen molar-refractivity contribution >= 4 is 52.2 Å². The van der Waals surface area contributed by atoms with Crippen LogP contribution in [0.2, 0.25) is 0 Å². The van der Waals surface area contributed by atoms with Crippen LogP contribution in [0.1, 0.15) is 0 Å². The molecule has 0 rings (SSSR count). The predicted molar refractivity (Wildman–Crippen MR) is 27.2 cm³/mol. The Bertz CT molecular complexity index is 28.5. The molecule has 0 bridgehead atoms. The molecule has 0 aliphatic carbocycles. The van der Waals surface area contributed by atoms with E-state index in [4.69, 9.17) is 0 Å². The number of hydrogen-bond acceptors (Lipinski definition) is 0. The third-order valence-corrected chi connectivity index (χ3v) is 0. The minimum Gasteiger partial charge on any atom is -1.00 e. The summed E-state index contributed by atoms with van der Waals surface area (Å²) in [5.41, 5.74) is 0. The summed E-state index contributed by atoms with van der Waals surface area (Å²) >= 11 is 13.2. The van der Waals surface area contributed by atoms with Crippen LogP contribution >= 0.6 is 34.8 Å². The van der Waals surface area contributed by atoms with Crippen LogP contribution in [0.3, 0.4) is 0 Å². The van der Waals surface area contributed by atoms with Gasteiger partial charge >= 0.3 is 21.4 Å². The van der Waals surface area contributed by atoms with E-state index in [0.717, 1.165) is 0 Å². The normalized spacial score (nSPS) is 6.67. The van der Waals surface area contributed by atoms with Gasteiger partial charge in [0.25, 0.3) is 0 Å². The number of alkyl halides is 4. The molecule has 0 nitrogen and oxygen atoms in total. The molecule has 56 valence electrons. The monoisotopic (exact) mass is 268 g/mol. The summed E-state index contributed by atoms with van der Waals surface area (Å²) in [7, 11) is 0. The van der Waals surface area contributed by atoms with Gasteiger partial charge in [-0.1, -0.05) is 0 Å². The molecule has 0 unspecified atom stereocenters. The third-order valence-electron chi connectivity index (χ3n) is 0. The van der Waals surface area contributed by atoms with E-state index in [1.807, 2.05) is 0 Å². The van der Waals surface area contributed by atoms with E-state index >= 15 is 0 Å². The summed E-state index contributed by atoms with van der Waals surface area (Å²) in [5, 5.41) is 0. The molecule has 0 amide bonds. The van der Waals surface area contributed by atoms with Gasteiger partial charge in [-0.05, 0) is 34.8 Å². The fourth-order valence-electron chi connectivity index (χ4n) is 0. The van der Waals surface area contributed by atoms with Crippen LogP contribution in [0.25, 0.3) is 0 Å². The minimum absolute atomic E-state index is 0. The first-order valence-corrected chi connectivity index (χ1v) is 1.89. The van der Waals surface area contributed by atoms with Crippen LogP contribution in [-0.2, 0) is 0 Å². The molecule has 0 aliphatic rings. The topological polar surface area (TPSA) is 0 Å².